The Labute approximate surface area is 143 Å². The Balaban J connectivity index is 2.17. The zero-order chi connectivity index (χ0) is 18.9. The molecule has 0 radical (unpaired) electrons. The molecule has 1 fully saturated rings. The van der Waals surface area contributed by atoms with Crippen molar-refractivity contribution in [3.63, 3.8) is 0 Å². The second-order valence-electron chi connectivity index (χ2n) is 7.14. The molecule has 2 heterocycles. The molecule has 0 bridgehead atoms. The Morgan fingerprint density at radius 3 is 2.46 bits per heavy atom. The van der Waals surface area contributed by atoms with Gasteiger partial charge < -0.3 is 9.84 Å². The van der Waals surface area contributed by atoms with Crippen molar-refractivity contribution in [3.8, 4) is 5.75 Å². The second kappa shape index (κ2) is 5.20. The molecule has 1 aromatic rings. The van der Waals surface area contributed by atoms with E-state index in [1.54, 1.807) is 13.8 Å². The van der Waals surface area contributed by atoms with E-state index in [2.05, 4.69) is 0 Å². The lowest BCUT2D eigenvalue weighted by Crippen LogP contribution is -2.34. The first-order valence-electron chi connectivity index (χ1n) is 8.48. The van der Waals surface area contributed by atoms with Gasteiger partial charge in [-0.15, -0.1) is 0 Å². The summed E-state index contributed by atoms with van der Waals surface area (Å²) in [5.74, 6) is -0.563. The van der Waals surface area contributed by atoms with Gasteiger partial charge in [-0.3, -0.25) is 4.79 Å². The molecule has 0 aliphatic carbocycles. The molecule has 3 atom stereocenters. The fourth-order valence-corrected chi connectivity index (χ4v) is 5.27. The van der Waals surface area contributed by atoms with Crippen LogP contribution in [0.25, 0.3) is 0 Å². The maximum Gasteiger partial charge on any atom is 0.323 e. The minimum Gasteiger partial charge on any atom is -0.487 e. The highest BCUT2D eigenvalue weighted by atomic mass is 32.2. The smallest absolute Gasteiger partial charge is 0.323 e. The van der Waals surface area contributed by atoms with Crippen LogP contribution in [0.4, 0.5) is 0 Å². The number of benzene rings is 1. The number of sulfonamides is 1. The van der Waals surface area contributed by atoms with Gasteiger partial charge in [0.25, 0.3) is 0 Å². The molecule has 132 valence electrons. The maximum atomic E-state index is 13.0. The van der Waals surface area contributed by atoms with Crippen LogP contribution in [0.2, 0.25) is 0 Å². The van der Waals surface area contributed by atoms with Crippen molar-refractivity contribution >= 4 is 16.0 Å². The Kier molecular flexibility index (Phi) is 3.44. The average molecular weight is 354 g/mol. The summed E-state index contributed by atoms with van der Waals surface area (Å²) in [6.07, 6.45) is 1.47. The van der Waals surface area contributed by atoms with Gasteiger partial charge in [0.2, 0.25) is 10.0 Å². The number of ether oxygens (including phenoxy) is 1. The van der Waals surface area contributed by atoms with E-state index in [-0.39, 0.29) is 10.5 Å². The lowest BCUT2D eigenvalue weighted by atomic mass is 9.88. The zero-order valence-electron chi connectivity index (χ0n) is 15.5. The summed E-state index contributed by atoms with van der Waals surface area (Å²) in [6, 6.07) is -1.31. The molecule has 1 aromatic carbocycles. The van der Waals surface area contributed by atoms with Crippen molar-refractivity contribution in [2.24, 2.45) is 0 Å². The van der Waals surface area contributed by atoms with E-state index < -0.39 is 28.6 Å². The number of carboxylic acid groups (broad SMARTS) is 1. The highest BCUT2D eigenvalue weighted by Crippen LogP contribution is 2.43. The molecule has 0 amide bonds. The van der Waals surface area contributed by atoms with Crippen LogP contribution in [-0.2, 0) is 21.2 Å². The van der Waals surface area contributed by atoms with Crippen LogP contribution >= 0.6 is 0 Å². The summed E-state index contributed by atoms with van der Waals surface area (Å²) < 4.78 is 40.6. The Hall–Kier alpha value is -1.60. The van der Waals surface area contributed by atoms with Gasteiger partial charge in [-0.1, -0.05) is 0 Å². The first-order chi connectivity index (χ1) is 11.4. The Bertz CT molecular complexity index is 878. The zero-order valence-corrected chi connectivity index (χ0v) is 15.3. The van der Waals surface area contributed by atoms with Crippen LogP contribution < -0.4 is 4.74 Å². The van der Waals surface area contributed by atoms with E-state index in [1.165, 1.54) is 0 Å². The SMILES string of the molecule is [2H][C@@H]1[C@H](C(=O)O)N1S(=O)(=O)c1c(C)c(C)c2c(c1C)CCC(C)(C)O2. The molecule has 1 N–H and O–H groups in total. The van der Waals surface area contributed by atoms with Crippen molar-refractivity contribution in [2.75, 3.05) is 6.52 Å². The Morgan fingerprint density at radius 2 is 1.92 bits per heavy atom. The van der Waals surface area contributed by atoms with Crippen LogP contribution in [-0.4, -0.2) is 42.0 Å². The maximum absolute atomic E-state index is 13.0. The van der Waals surface area contributed by atoms with Crippen LogP contribution in [0.5, 0.6) is 5.75 Å². The molecule has 2 aliphatic rings. The first kappa shape index (κ1) is 15.9. The number of hydrogen-bond donors (Lipinski definition) is 1. The standard InChI is InChI=1S/C17H23NO5S/c1-9-10(2)15(24(21,22)18-8-13(18)16(19)20)11(3)12-6-7-17(4,5)23-14(9)12/h13H,6-8H2,1-5H3,(H,19,20)/t13-,18?/m1/s1/i8D/t8-,13-,18?. The molecule has 0 saturated carbocycles. The molecular weight excluding hydrogens is 330 g/mol. The molecule has 0 aromatic heterocycles. The van der Waals surface area contributed by atoms with E-state index in [4.69, 9.17) is 11.2 Å². The molecule has 6 nitrogen and oxygen atoms in total. The highest BCUT2D eigenvalue weighted by Gasteiger charge is 2.51. The molecular formula is C17H23NO5S. The van der Waals surface area contributed by atoms with Crippen LogP contribution in [0.15, 0.2) is 4.90 Å². The fourth-order valence-electron chi connectivity index (χ4n) is 3.34. The van der Waals surface area contributed by atoms with Crippen molar-refractivity contribution in [1.29, 1.82) is 0 Å². The lowest BCUT2D eigenvalue weighted by molar-refractivity contribution is -0.136. The quantitative estimate of drug-likeness (QED) is 0.841. The summed E-state index contributed by atoms with van der Waals surface area (Å²) in [4.78, 5) is 11.3. The van der Waals surface area contributed by atoms with E-state index >= 15 is 0 Å². The third-order valence-corrected chi connectivity index (χ3v) is 6.96. The number of aliphatic carboxylic acids is 1. The number of hydrogen-bond acceptors (Lipinski definition) is 4. The molecule has 3 rings (SSSR count). The van der Waals surface area contributed by atoms with Gasteiger partial charge in [-0.25, -0.2) is 8.42 Å². The molecule has 1 saturated heterocycles. The van der Waals surface area contributed by atoms with Crippen molar-refractivity contribution in [3.05, 3.63) is 22.3 Å². The number of nitrogens with zero attached hydrogens (tertiary/aromatic N) is 1. The Morgan fingerprint density at radius 1 is 1.29 bits per heavy atom. The monoisotopic (exact) mass is 354 g/mol. The van der Waals surface area contributed by atoms with Crippen molar-refractivity contribution < 1.29 is 24.4 Å². The minimum atomic E-state index is -4.05. The average Bonchev–Trinajstić information content (AvgIpc) is 3.16. The molecule has 0 spiro atoms. The normalized spacial score (nSPS) is 28.5. The third kappa shape index (κ3) is 2.50. The second-order valence-corrected chi connectivity index (χ2v) is 8.92. The lowest BCUT2D eigenvalue weighted by Gasteiger charge is -2.35. The van der Waals surface area contributed by atoms with Crippen LogP contribution in [0.1, 0.15) is 43.9 Å². The highest BCUT2D eigenvalue weighted by molar-refractivity contribution is 7.89. The summed E-state index contributed by atoms with van der Waals surface area (Å²) in [5.41, 5.74) is 2.45. The largest absolute Gasteiger partial charge is 0.487 e. The van der Waals surface area contributed by atoms with E-state index in [0.717, 1.165) is 27.6 Å². The van der Waals surface area contributed by atoms with E-state index in [9.17, 15) is 13.2 Å². The van der Waals surface area contributed by atoms with Gasteiger partial charge in [-0.2, -0.15) is 4.31 Å². The predicted molar refractivity (Wildman–Crippen MR) is 89.0 cm³/mol. The number of carbonyl (C=O) groups is 1. The van der Waals surface area contributed by atoms with Crippen molar-refractivity contribution in [1.82, 2.24) is 4.31 Å². The minimum absolute atomic E-state index is 0.119. The number of rotatable bonds is 3. The summed E-state index contributed by atoms with van der Waals surface area (Å²) in [6.45, 7) is 8.00. The van der Waals surface area contributed by atoms with Gasteiger partial charge in [0.15, 0.2) is 0 Å². The molecule has 24 heavy (non-hydrogen) atoms. The van der Waals surface area contributed by atoms with Gasteiger partial charge >= 0.3 is 5.97 Å². The van der Waals surface area contributed by atoms with Gasteiger partial charge in [0.1, 0.15) is 17.4 Å². The van der Waals surface area contributed by atoms with Crippen LogP contribution in [0.3, 0.4) is 0 Å². The van der Waals surface area contributed by atoms with Crippen LogP contribution in [0, 0.1) is 20.8 Å². The summed E-state index contributed by atoms with van der Waals surface area (Å²) >= 11 is 0. The van der Waals surface area contributed by atoms with E-state index in [1.807, 2.05) is 20.8 Å². The van der Waals surface area contributed by atoms with Crippen molar-refractivity contribution in [2.45, 2.75) is 64.0 Å². The van der Waals surface area contributed by atoms with Gasteiger partial charge in [-0.05, 0) is 69.7 Å². The summed E-state index contributed by atoms with van der Waals surface area (Å²) in [7, 11) is -4.05. The molecule has 1 unspecified atom stereocenters. The molecule has 7 heteroatoms. The fraction of sp³-hybridized carbons (Fsp3) is 0.588. The number of fused-ring (bicyclic) bond motifs is 1. The van der Waals surface area contributed by atoms with Gasteiger partial charge in [0, 0.05) is 7.89 Å². The summed E-state index contributed by atoms with van der Waals surface area (Å²) in [5, 5.41) is 9.10. The first-order valence-corrected chi connectivity index (χ1v) is 9.34. The van der Waals surface area contributed by atoms with Gasteiger partial charge in [0.05, 0.1) is 4.90 Å². The third-order valence-electron chi connectivity index (χ3n) is 4.93. The van der Waals surface area contributed by atoms with E-state index in [0.29, 0.717) is 17.5 Å². The predicted octanol–water partition coefficient (Wildman–Crippen LogP) is 2.17. The topological polar surface area (TPSA) is 83.7 Å². The molecule has 2 aliphatic heterocycles. The number of carboxylic acids is 1.